The van der Waals surface area contributed by atoms with Gasteiger partial charge in [0, 0.05) is 30.0 Å². The molecule has 3 heterocycles. The highest BCUT2D eigenvalue weighted by molar-refractivity contribution is 7.13. The van der Waals surface area contributed by atoms with Crippen LogP contribution in [-0.4, -0.2) is 41.1 Å². The van der Waals surface area contributed by atoms with Crippen LogP contribution < -0.4 is 5.32 Å². The molecule has 1 fully saturated rings. The van der Waals surface area contributed by atoms with Gasteiger partial charge in [-0.25, -0.2) is 0 Å². The summed E-state index contributed by atoms with van der Waals surface area (Å²) in [6, 6.07) is 15.3. The molecule has 1 atom stereocenters. The zero-order valence-corrected chi connectivity index (χ0v) is 16.7. The number of likely N-dealkylation sites (tertiary alicyclic amines) is 1. The lowest BCUT2D eigenvalue weighted by Gasteiger charge is -2.33. The normalized spacial score (nSPS) is 18.0. The fourth-order valence-corrected chi connectivity index (χ4v) is 4.79. The van der Waals surface area contributed by atoms with Crippen molar-refractivity contribution in [1.82, 2.24) is 14.8 Å². The third kappa shape index (κ3) is 4.09. The molecule has 1 aliphatic rings. The highest BCUT2D eigenvalue weighted by Crippen LogP contribution is 2.31. The Kier molecular flexibility index (Phi) is 5.60. The fraction of sp³-hybridized carbons (Fsp3) is 0.409. The zero-order chi connectivity index (χ0) is 18.6. The third-order valence-corrected chi connectivity index (χ3v) is 6.44. The molecule has 0 unspecified atom stereocenters. The van der Waals surface area contributed by atoms with Gasteiger partial charge in [0.25, 0.3) is 0 Å². The molecule has 0 bridgehead atoms. The number of hydrogen-bond acceptors (Lipinski definition) is 3. The third-order valence-electron chi connectivity index (χ3n) is 5.55. The Morgan fingerprint density at radius 2 is 2.11 bits per heavy atom. The predicted molar refractivity (Wildman–Crippen MR) is 113 cm³/mol. The second-order valence-corrected chi connectivity index (χ2v) is 8.33. The minimum absolute atomic E-state index is 0.0822. The number of rotatable bonds is 6. The number of hydrogen-bond donors (Lipinski definition) is 1. The van der Waals surface area contributed by atoms with E-state index in [0.717, 1.165) is 30.8 Å². The molecule has 0 saturated carbocycles. The number of piperidine rings is 1. The molecule has 0 radical (unpaired) electrons. The van der Waals surface area contributed by atoms with Crippen LogP contribution >= 0.6 is 11.3 Å². The Morgan fingerprint density at radius 3 is 2.93 bits per heavy atom. The van der Waals surface area contributed by atoms with Crippen LogP contribution in [-0.2, 0) is 11.3 Å². The van der Waals surface area contributed by atoms with Crippen molar-refractivity contribution in [3.63, 3.8) is 0 Å². The highest BCUT2D eigenvalue weighted by atomic mass is 32.1. The molecule has 4 nitrogen and oxygen atoms in total. The van der Waals surface area contributed by atoms with Gasteiger partial charge in [0.15, 0.2) is 0 Å². The molecule has 142 valence electrons. The number of thiophene rings is 1. The summed E-state index contributed by atoms with van der Waals surface area (Å²) in [5, 5.41) is 6.39. The molecule has 27 heavy (non-hydrogen) atoms. The van der Waals surface area contributed by atoms with Crippen LogP contribution in [0.5, 0.6) is 0 Å². The number of fused-ring (bicyclic) bond motifs is 1. The van der Waals surface area contributed by atoms with Gasteiger partial charge >= 0.3 is 0 Å². The summed E-state index contributed by atoms with van der Waals surface area (Å²) in [6.45, 7) is 5.46. The maximum atomic E-state index is 12.7. The Bertz CT molecular complexity index is 900. The molecule has 0 aliphatic carbocycles. The molecule has 3 aromatic rings. The van der Waals surface area contributed by atoms with Gasteiger partial charge in [-0.3, -0.25) is 9.69 Å². The number of nitrogens with zero attached hydrogens (tertiary/aromatic N) is 2. The smallest absolute Gasteiger partial charge is 0.240 e. The summed E-state index contributed by atoms with van der Waals surface area (Å²) in [6.07, 6.45) is 3.88. The average molecular weight is 382 g/mol. The van der Waals surface area contributed by atoms with Crippen LogP contribution in [0.2, 0.25) is 0 Å². The molecule has 1 amide bonds. The number of para-hydroxylation sites is 1. The molecular formula is C22H27N3OS. The first-order chi connectivity index (χ1) is 13.2. The topological polar surface area (TPSA) is 37.3 Å². The molecule has 2 aromatic heterocycles. The van der Waals surface area contributed by atoms with Gasteiger partial charge in [-0.2, -0.15) is 0 Å². The molecule has 4 rings (SSSR count). The predicted octanol–water partition coefficient (Wildman–Crippen LogP) is 4.36. The van der Waals surface area contributed by atoms with Crippen LogP contribution in [0, 0.1) is 0 Å². The fourth-order valence-electron chi connectivity index (χ4n) is 4.04. The van der Waals surface area contributed by atoms with E-state index in [4.69, 9.17) is 0 Å². The van der Waals surface area contributed by atoms with Crippen molar-refractivity contribution in [3.05, 3.63) is 47.8 Å². The van der Waals surface area contributed by atoms with Crippen molar-refractivity contribution in [3.8, 4) is 10.6 Å². The Labute approximate surface area is 164 Å². The van der Waals surface area contributed by atoms with Gasteiger partial charge in [-0.15, -0.1) is 11.3 Å². The summed E-state index contributed by atoms with van der Waals surface area (Å²) >= 11 is 1.71. The maximum Gasteiger partial charge on any atom is 0.240 e. The lowest BCUT2D eigenvalue weighted by Crippen LogP contribution is -2.42. The summed E-state index contributed by atoms with van der Waals surface area (Å²) in [5.41, 5.74) is 2.23. The minimum Gasteiger partial charge on any atom is -0.353 e. The van der Waals surface area contributed by atoms with E-state index >= 15 is 0 Å². The lowest BCUT2D eigenvalue weighted by molar-refractivity contribution is -0.121. The molecule has 1 aromatic carbocycles. The van der Waals surface area contributed by atoms with Crippen LogP contribution in [0.1, 0.15) is 26.2 Å². The first kappa shape index (κ1) is 18.3. The Balaban J connectivity index is 1.44. The van der Waals surface area contributed by atoms with E-state index in [9.17, 15) is 4.79 Å². The molecule has 0 spiro atoms. The molecule has 5 heteroatoms. The van der Waals surface area contributed by atoms with Crippen LogP contribution in [0.25, 0.3) is 21.5 Å². The Morgan fingerprint density at radius 1 is 1.22 bits per heavy atom. The summed E-state index contributed by atoms with van der Waals surface area (Å²) in [4.78, 5) is 16.3. The molecule has 1 saturated heterocycles. The standard InChI is InChI=1S/C22H27N3OS/c1-17-7-4-5-12-24(17)13-11-23-22(26)16-25-19-9-3-2-8-18(19)15-20(25)21-10-6-14-27-21/h2-3,6,8-10,14-15,17H,4-5,7,11-13,16H2,1H3,(H,23,26)/t17-/m1/s1. The number of carbonyl (C=O) groups is 1. The van der Waals surface area contributed by atoms with Crippen LogP contribution in [0.3, 0.4) is 0 Å². The number of amides is 1. The largest absolute Gasteiger partial charge is 0.353 e. The van der Waals surface area contributed by atoms with Gasteiger partial charge in [0.05, 0.1) is 10.6 Å². The maximum absolute atomic E-state index is 12.7. The highest BCUT2D eigenvalue weighted by Gasteiger charge is 2.18. The summed E-state index contributed by atoms with van der Waals surface area (Å²) < 4.78 is 2.14. The number of nitrogens with one attached hydrogen (secondary N) is 1. The molecule has 1 aliphatic heterocycles. The van der Waals surface area contributed by atoms with E-state index in [1.54, 1.807) is 11.3 Å². The molecular weight excluding hydrogens is 354 g/mol. The number of aromatic nitrogens is 1. The quantitative estimate of drug-likeness (QED) is 0.689. The van der Waals surface area contributed by atoms with Crippen molar-refractivity contribution in [2.45, 2.75) is 38.8 Å². The van der Waals surface area contributed by atoms with Gasteiger partial charge in [-0.1, -0.05) is 30.7 Å². The molecule has 1 N–H and O–H groups in total. The van der Waals surface area contributed by atoms with E-state index < -0.39 is 0 Å². The Hall–Kier alpha value is -2.11. The lowest BCUT2D eigenvalue weighted by atomic mass is 10.0. The monoisotopic (exact) mass is 381 g/mol. The number of benzene rings is 1. The first-order valence-corrected chi connectivity index (χ1v) is 10.7. The van der Waals surface area contributed by atoms with Gasteiger partial charge < -0.3 is 9.88 Å². The van der Waals surface area contributed by atoms with Gasteiger partial charge in [0.2, 0.25) is 5.91 Å². The summed E-state index contributed by atoms with van der Waals surface area (Å²) in [5.74, 6) is 0.0822. The van der Waals surface area contributed by atoms with E-state index in [1.165, 1.54) is 29.5 Å². The first-order valence-electron chi connectivity index (χ1n) is 9.85. The van der Waals surface area contributed by atoms with Crippen molar-refractivity contribution in [1.29, 1.82) is 0 Å². The second-order valence-electron chi connectivity index (χ2n) is 7.38. The van der Waals surface area contributed by atoms with Crippen molar-refractivity contribution in [2.24, 2.45) is 0 Å². The van der Waals surface area contributed by atoms with Gasteiger partial charge in [0.1, 0.15) is 6.54 Å². The van der Waals surface area contributed by atoms with E-state index in [-0.39, 0.29) is 5.91 Å². The van der Waals surface area contributed by atoms with Crippen molar-refractivity contribution in [2.75, 3.05) is 19.6 Å². The summed E-state index contributed by atoms with van der Waals surface area (Å²) in [7, 11) is 0. The van der Waals surface area contributed by atoms with E-state index in [2.05, 4.69) is 57.4 Å². The van der Waals surface area contributed by atoms with E-state index in [1.807, 2.05) is 12.1 Å². The zero-order valence-electron chi connectivity index (χ0n) is 15.9. The van der Waals surface area contributed by atoms with Crippen LogP contribution in [0.15, 0.2) is 47.8 Å². The second kappa shape index (κ2) is 8.28. The number of carbonyl (C=O) groups excluding carboxylic acids is 1. The SMILES string of the molecule is C[C@@H]1CCCCN1CCNC(=O)Cn1c(-c2cccs2)cc2ccccc21. The minimum atomic E-state index is 0.0822. The van der Waals surface area contributed by atoms with Crippen molar-refractivity contribution < 1.29 is 4.79 Å². The van der Waals surface area contributed by atoms with Crippen LogP contribution in [0.4, 0.5) is 0 Å². The van der Waals surface area contributed by atoms with E-state index in [0.29, 0.717) is 12.6 Å². The van der Waals surface area contributed by atoms with Gasteiger partial charge in [-0.05, 0) is 49.9 Å². The average Bonchev–Trinajstić information content (AvgIpc) is 3.32. The van der Waals surface area contributed by atoms with Crippen molar-refractivity contribution >= 4 is 28.1 Å².